The minimum absolute atomic E-state index is 0.00657. The molecule has 4 nitrogen and oxygen atoms in total. The summed E-state index contributed by atoms with van der Waals surface area (Å²) in [5, 5.41) is 12.4. The van der Waals surface area contributed by atoms with Gasteiger partial charge in [0.15, 0.2) is 0 Å². The van der Waals surface area contributed by atoms with Crippen LogP contribution < -0.4 is 5.32 Å². The molecule has 92 valence electrons. The van der Waals surface area contributed by atoms with Crippen LogP contribution >= 0.6 is 0 Å². The molecule has 0 spiro atoms. The Balaban J connectivity index is 1.86. The molecule has 1 aliphatic rings. The van der Waals surface area contributed by atoms with Gasteiger partial charge in [-0.3, -0.25) is 9.69 Å². The van der Waals surface area contributed by atoms with Gasteiger partial charge in [0.1, 0.15) is 0 Å². The second-order valence-electron chi connectivity index (χ2n) is 4.55. The van der Waals surface area contributed by atoms with Gasteiger partial charge in [-0.15, -0.1) is 0 Å². The van der Waals surface area contributed by atoms with Crippen molar-refractivity contribution in [2.24, 2.45) is 0 Å². The quantitative estimate of drug-likeness (QED) is 0.794. The number of β-amino-alcohol motifs (C(OH)–C–C–N with tert-alkyl or cyclic N) is 1. The van der Waals surface area contributed by atoms with Crippen LogP contribution in [0, 0.1) is 0 Å². The van der Waals surface area contributed by atoms with Gasteiger partial charge in [0.25, 0.3) is 0 Å². The first kappa shape index (κ1) is 12.1. The Morgan fingerprint density at radius 1 is 1.47 bits per heavy atom. The molecule has 17 heavy (non-hydrogen) atoms. The van der Waals surface area contributed by atoms with Crippen LogP contribution in [-0.4, -0.2) is 41.7 Å². The number of aliphatic hydroxyl groups excluding tert-OH is 1. The molecule has 0 aliphatic carbocycles. The number of likely N-dealkylation sites (N-methyl/N-ethyl adjacent to an activating group) is 1. The fraction of sp³-hybridized carbons (Fsp3) is 0.462. The van der Waals surface area contributed by atoms with Crippen molar-refractivity contribution in [3.05, 3.63) is 35.9 Å². The highest BCUT2D eigenvalue weighted by Crippen LogP contribution is 2.15. The number of nitrogens with one attached hydrogen (secondary N) is 1. The van der Waals surface area contributed by atoms with Crippen molar-refractivity contribution in [1.82, 2.24) is 10.2 Å². The van der Waals surface area contributed by atoms with E-state index in [1.807, 2.05) is 42.3 Å². The van der Waals surface area contributed by atoms with Gasteiger partial charge in [-0.05, 0) is 19.0 Å². The van der Waals surface area contributed by atoms with Crippen molar-refractivity contribution in [2.45, 2.75) is 25.1 Å². The van der Waals surface area contributed by atoms with E-state index in [0.717, 1.165) is 5.56 Å². The molecule has 0 aromatic heterocycles. The Labute approximate surface area is 101 Å². The van der Waals surface area contributed by atoms with Crippen molar-refractivity contribution in [1.29, 1.82) is 0 Å². The summed E-state index contributed by atoms with van der Waals surface area (Å²) in [6, 6.07) is 9.61. The number of rotatable bonds is 3. The lowest BCUT2D eigenvalue weighted by molar-refractivity contribution is -0.125. The third-order valence-electron chi connectivity index (χ3n) is 3.14. The van der Waals surface area contributed by atoms with Gasteiger partial charge in [0.2, 0.25) is 5.91 Å². The largest absolute Gasteiger partial charge is 0.392 e. The van der Waals surface area contributed by atoms with E-state index in [1.165, 1.54) is 0 Å². The van der Waals surface area contributed by atoms with Gasteiger partial charge < -0.3 is 10.4 Å². The molecular weight excluding hydrogens is 216 g/mol. The van der Waals surface area contributed by atoms with Crippen LogP contribution in [0.4, 0.5) is 0 Å². The number of likely N-dealkylation sites (tertiary alicyclic amines) is 1. The third-order valence-corrected chi connectivity index (χ3v) is 3.14. The maximum atomic E-state index is 11.9. The number of aliphatic hydroxyl groups is 1. The zero-order chi connectivity index (χ0) is 12.3. The SMILES string of the molecule is CN1C[C@H](O)C[C@H]1C(=O)NCc1ccccc1. The lowest BCUT2D eigenvalue weighted by Crippen LogP contribution is -2.41. The monoisotopic (exact) mass is 234 g/mol. The normalized spacial score (nSPS) is 24.8. The second-order valence-corrected chi connectivity index (χ2v) is 4.55. The van der Waals surface area contributed by atoms with E-state index in [2.05, 4.69) is 5.32 Å². The first-order chi connectivity index (χ1) is 8.16. The number of carbonyl (C=O) groups is 1. The minimum Gasteiger partial charge on any atom is -0.392 e. The summed E-state index contributed by atoms with van der Waals surface area (Å²) < 4.78 is 0. The number of hydrogen-bond donors (Lipinski definition) is 2. The lowest BCUT2D eigenvalue weighted by Gasteiger charge is -2.18. The average Bonchev–Trinajstić information content (AvgIpc) is 2.67. The average molecular weight is 234 g/mol. The predicted molar refractivity (Wildman–Crippen MR) is 65.3 cm³/mol. The molecule has 1 aliphatic heterocycles. The minimum atomic E-state index is -0.382. The zero-order valence-corrected chi connectivity index (χ0v) is 9.97. The molecule has 2 N–H and O–H groups in total. The Hall–Kier alpha value is -1.39. The standard InChI is InChI=1S/C13H18N2O2/c1-15-9-11(16)7-12(15)13(17)14-8-10-5-3-2-4-6-10/h2-6,11-12,16H,7-9H2,1H3,(H,14,17)/t11-,12+/m1/s1. The van der Waals surface area contributed by atoms with Crippen LogP contribution in [0.5, 0.6) is 0 Å². The lowest BCUT2D eigenvalue weighted by atomic mass is 10.1. The highest BCUT2D eigenvalue weighted by Gasteiger charge is 2.32. The fourth-order valence-corrected chi connectivity index (χ4v) is 2.18. The van der Waals surface area contributed by atoms with E-state index in [4.69, 9.17) is 0 Å². The third kappa shape index (κ3) is 3.05. The van der Waals surface area contributed by atoms with Crippen LogP contribution in [0.15, 0.2) is 30.3 Å². The molecule has 4 heteroatoms. The Kier molecular flexibility index (Phi) is 3.76. The number of benzene rings is 1. The molecule has 1 aromatic carbocycles. The van der Waals surface area contributed by atoms with Crippen LogP contribution in [0.1, 0.15) is 12.0 Å². The maximum Gasteiger partial charge on any atom is 0.237 e. The first-order valence-corrected chi connectivity index (χ1v) is 5.87. The number of amides is 1. The van der Waals surface area contributed by atoms with Crippen molar-refractivity contribution in [3.8, 4) is 0 Å². The van der Waals surface area contributed by atoms with Crippen LogP contribution in [0.2, 0.25) is 0 Å². The molecule has 1 fully saturated rings. The summed E-state index contributed by atoms with van der Waals surface area (Å²) in [7, 11) is 1.86. The van der Waals surface area contributed by atoms with Gasteiger partial charge in [-0.25, -0.2) is 0 Å². The topological polar surface area (TPSA) is 52.6 Å². The molecule has 1 saturated heterocycles. The summed E-state index contributed by atoms with van der Waals surface area (Å²) in [6.45, 7) is 1.11. The molecule has 2 atom stereocenters. The highest BCUT2D eigenvalue weighted by atomic mass is 16.3. The molecule has 0 bridgehead atoms. The maximum absolute atomic E-state index is 11.9. The van der Waals surface area contributed by atoms with Gasteiger partial charge in [-0.1, -0.05) is 30.3 Å². The summed E-state index contributed by atoms with van der Waals surface area (Å²) >= 11 is 0. The van der Waals surface area contributed by atoms with E-state index in [1.54, 1.807) is 0 Å². The smallest absolute Gasteiger partial charge is 0.237 e. The van der Waals surface area contributed by atoms with E-state index < -0.39 is 0 Å². The molecule has 2 rings (SSSR count). The van der Waals surface area contributed by atoms with E-state index in [0.29, 0.717) is 19.5 Å². The van der Waals surface area contributed by atoms with Crippen molar-refractivity contribution in [3.63, 3.8) is 0 Å². The zero-order valence-electron chi connectivity index (χ0n) is 9.97. The summed E-state index contributed by atoms with van der Waals surface area (Å²) in [4.78, 5) is 13.8. The molecule has 1 amide bonds. The summed E-state index contributed by atoms with van der Waals surface area (Å²) in [6.07, 6.45) is 0.143. The molecule has 0 unspecified atom stereocenters. The van der Waals surface area contributed by atoms with Gasteiger partial charge in [-0.2, -0.15) is 0 Å². The molecular formula is C13H18N2O2. The number of hydrogen-bond acceptors (Lipinski definition) is 3. The van der Waals surface area contributed by atoms with Crippen molar-refractivity contribution >= 4 is 5.91 Å². The van der Waals surface area contributed by atoms with E-state index in [-0.39, 0.29) is 18.1 Å². The highest BCUT2D eigenvalue weighted by molar-refractivity contribution is 5.82. The first-order valence-electron chi connectivity index (χ1n) is 5.87. The Morgan fingerprint density at radius 2 is 2.18 bits per heavy atom. The van der Waals surface area contributed by atoms with Gasteiger partial charge in [0, 0.05) is 13.1 Å². The molecule has 1 heterocycles. The van der Waals surface area contributed by atoms with E-state index >= 15 is 0 Å². The second kappa shape index (κ2) is 5.29. The van der Waals surface area contributed by atoms with E-state index in [9.17, 15) is 9.90 Å². The van der Waals surface area contributed by atoms with Crippen LogP contribution in [0.3, 0.4) is 0 Å². The Morgan fingerprint density at radius 3 is 2.76 bits per heavy atom. The van der Waals surface area contributed by atoms with Crippen LogP contribution in [0.25, 0.3) is 0 Å². The van der Waals surface area contributed by atoms with Gasteiger partial charge >= 0.3 is 0 Å². The molecule has 0 radical (unpaired) electrons. The van der Waals surface area contributed by atoms with Crippen molar-refractivity contribution < 1.29 is 9.90 Å². The number of carbonyl (C=O) groups excluding carboxylic acids is 1. The number of nitrogens with zero attached hydrogens (tertiary/aromatic N) is 1. The Bertz CT molecular complexity index is 380. The van der Waals surface area contributed by atoms with Crippen LogP contribution in [-0.2, 0) is 11.3 Å². The fourth-order valence-electron chi connectivity index (χ4n) is 2.18. The summed E-state index contributed by atoms with van der Waals surface area (Å²) in [5.41, 5.74) is 1.09. The van der Waals surface area contributed by atoms with Crippen molar-refractivity contribution in [2.75, 3.05) is 13.6 Å². The van der Waals surface area contributed by atoms with Gasteiger partial charge in [0.05, 0.1) is 12.1 Å². The summed E-state index contributed by atoms with van der Waals surface area (Å²) in [5.74, 6) is -0.00657. The predicted octanol–water partition coefficient (Wildman–Crippen LogP) is 0.368. The molecule has 0 saturated carbocycles. The molecule has 1 aromatic rings.